The number of alkyl halides is 1. The average molecular weight is 548 g/mol. The highest BCUT2D eigenvalue weighted by molar-refractivity contribution is 6.17. The highest BCUT2D eigenvalue weighted by atomic mass is 35.5. The van der Waals surface area contributed by atoms with Crippen LogP contribution in [0.1, 0.15) is 33.6 Å². The third-order valence-electron chi connectivity index (χ3n) is 7.71. The summed E-state index contributed by atoms with van der Waals surface area (Å²) < 4.78 is 22.0. The van der Waals surface area contributed by atoms with E-state index in [0.29, 0.717) is 30.3 Å². The molecule has 4 aromatic rings. The summed E-state index contributed by atoms with van der Waals surface area (Å²) in [6, 6.07) is 20.3. The molecule has 5 rings (SSSR count). The molecule has 0 atom stereocenters. The average Bonchev–Trinajstić information content (AvgIpc) is 3.19. The lowest BCUT2D eigenvalue weighted by atomic mass is 10.1. The fourth-order valence-corrected chi connectivity index (χ4v) is 5.48. The first-order valence-electron chi connectivity index (χ1n) is 13.6. The molecule has 0 saturated carbocycles. The van der Waals surface area contributed by atoms with Gasteiger partial charge in [0.2, 0.25) is 0 Å². The lowest BCUT2D eigenvalue weighted by Crippen LogP contribution is -2.49. The van der Waals surface area contributed by atoms with E-state index in [-0.39, 0.29) is 11.7 Å². The first-order valence-corrected chi connectivity index (χ1v) is 14.2. The molecule has 1 saturated heterocycles. The van der Waals surface area contributed by atoms with Crippen molar-refractivity contribution in [2.75, 3.05) is 38.6 Å². The van der Waals surface area contributed by atoms with E-state index in [0.717, 1.165) is 50.3 Å². The van der Waals surface area contributed by atoms with Crippen LogP contribution in [0, 0.1) is 19.7 Å². The molecule has 5 nitrogen and oxygen atoms in total. The fourth-order valence-electron chi connectivity index (χ4n) is 5.36. The predicted octanol–water partition coefficient (Wildman–Crippen LogP) is 6.82. The molecule has 0 bridgehead atoms. The summed E-state index contributed by atoms with van der Waals surface area (Å²) in [7, 11) is 0. The number of aryl methyl sites for hydroxylation is 2. The van der Waals surface area contributed by atoms with E-state index in [1.54, 1.807) is 12.1 Å². The smallest absolute Gasteiger partial charge is 0.254 e. The van der Waals surface area contributed by atoms with E-state index in [4.69, 9.17) is 16.3 Å². The predicted molar refractivity (Wildman–Crippen MR) is 156 cm³/mol. The Bertz CT molecular complexity index is 1460. The van der Waals surface area contributed by atoms with E-state index in [1.807, 2.05) is 41.3 Å². The maximum atomic E-state index is 13.4. The number of halogens is 2. The van der Waals surface area contributed by atoms with Crippen LogP contribution in [0.4, 0.5) is 4.39 Å². The Hall–Kier alpha value is -3.35. The molecule has 39 heavy (non-hydrogen) atoms. The zero-order valence-corrected chi connectivity index (χ0v) is 23.4. The van der Waals surface area contributed by atoms with Crippen molar-refractivity contribution < 1.29 is 13.9 Å². The number of carbonyl (C=O) groups excluding carboxylic acids is 1. The standard InChI is InChI=1S/C32H35ClFN3O2/c1-23-24(2)37(14-5-13-33)31-11-10-29(22-30(23)31)39-28-9-4-7-26(21-28)32(38)36-18-16-35(17-19-36)15-12-25-6-3-8-27(34)20-25/h3-4,6-11,20-22H,5,12-19H2,1-2H3. The maximum absolute atomic E-state index is 13.4. The second kappa shape index (κ2) is 12.2. The van der Waals surface area contributed by atoms with Gasteiger partial charge in [-0.1, -0.05) is 18.2 Å². The van der Waals surface area contributed by atoms with Gasteiger partial charge in [0.05, 0.1) is 0 Å². The molecule has 204 valence electrons. The molecule has 1 aliphatic heterocycles. The molecule has 3 aromatic carbocycles. The highest BCUT2D eigenvalue weighted by Gasteiger charge is 2.22. The number of rotatable bonds is 9. The van der Waals surface area contributed by atoms with Gasteiger partial charge in [-0.15, -0.1) is 11.6 Å². The topological polar surface area (TPSA) is 37.7 Å². The number of nitrogens with zero attached hydrogens (tertiary/aromatic N) is 3. The lowest BCUT2D eigenvalue weighted by Gasteiger charge is -2.34. The number of amides is 1. The second-order valence-electron chi connectivity index (χ2n) is 10.2. The van der Waals surface area contributed by atoms with Gasteiger partial charge in [0.25, 0.3) is 5.91 Å². The fraction of sp³-hybridized carbons (Fsp3) is 0.344. The minimum Gasteiger partial charge on any atom is -0.457 e. The van der Waals surface area contributed by atoms with Gasteiger partial charge in [0.1, 0.15) is 17.3 Å². The van der Waals surface area contributed by atoms with Crippen molar-refractivity contribution in [3.63, 3.8) is 0 Å². The van der Waals surface area contributed by atoms with E-state index in [2.05, 4.69) is 35.4 Å². The van der Waals surface area contributed by atoms with Crippen molar-refractivity contribution in [1.29, 1.82) is 0 Å². The third-order valence-corrected chi connectivity index (χ3v) is 7.97. The van der Waals surface area contributed by atoms with Gasteiger partial charge in [-0.3, -0.25) is 9.69 Å². The van der Waals surface area contributed by atoms with Crippen molar-refractivity contribution in [2.24, 2.45) is 0 Å². The Kier molecular flexibility index (Phi) is 8.53. The molecular formula is C32H35ClFN3O2. The Balaban J connectivity index is 1.20. The maximum Gasteiger partial charge on any atom is 0.254 e. The highest BCUT2D eigenvalue weighted by Crippen LogP contribution is 2.31. The number of aromatic nitrogens is 1. The second-order valence-corrected chi connectivity index (χ2v) is 10.6. The van der Waals surface area contributed by atoms with Crippen LogP contribution in [-0.2, 0) is 13.0 Å². The zero-order valence-electron chi connectivity index (χ0n) is 22.6. The normalized spacial score (nSPS) is 14.2. The summed E-state index contributed by atoms with van der Waals surface area (Å²) in [5, 5.41) is 1.17. The van der Waals surface area contributed by atoms with Crippen LogP contribution < -0.4 is 4.74 Å². The Morgan fingerprint density at radius 1 is 0.923 bits per heavy atom. The molecule has 0 unspecified atom stereocenters. The van der Waals surface area contributed by atoms with Crippen molar-refractivity contribution >= 4 is 28.4 Å². The lowest BCUT2D eigenvalue weighted by molar-refractivity contribution is 0.0638. The molecule has 1 aliphatic rings. The first kappa shape index (κ1) is 27.2. The van der Waals surface area contributed by atoms with E-state index in [9.17, 15) is 9.18 Å². The Morgan fingerprint density at radius 2 is 1.69 bits per heavy atom. The number of hydrogen-bond donors (Lipinski definition) is 0. The summed E-state index contributed by atoms with van der Waals surface area (Å²) in [5.74, 6) is 1.85. The monoisotopic (exact) mass is 547 g/mol. The molecular weight excluding hydrogens is 513 g/mol. The van der Waals surface area contributed by atoms with Crippen LogP contribution in [0.3, 0.4) is 0 Å². The van der Waals surface area contributed by atoms with E-state index >= 15 is 0 Å². The minimum absolute atomic E-state index is 0.0171. The quantitative estimate of drug-likeness (QED) is 0.216. The number of fused-ring (bicyclic) bond motifs is 1. The third kappa shape index (κ3) is 6.29. The van der Waals surface area contributed by atoms with Gasteiger partial charge in [-0.25, -0.2) is 4.39 Å². The van der Waals surface area contributed by atoms with Crippen molar-refractivity contribution in [2.45, 2.75) is 33.2 Å². The van der Waals surface area contributed by atoms with Gasteiger partial charge in [0, 0.05) is 67.3 Å². The van der Waals surface area contributed by atoms with Gasteiger partial charge >= 0.3 is 0 Å². The van der Waals surface area contributed by atoms with Crippen LogP contribution in [0.2, 0.25) is 0 Å². The first-order chi connectivity index (χ1) is 18.9. The number of benzene rings is 3. The summed E-state index contributed by atoms with van der Waals surface area (Å²) in [6.45, 7) is 8.98. The van der Waals surface area contributed by atoms with Gasteiger partial charge in [0.15, 0.2) is 0 Å². The Morgan fingerprint density at radius 3 is 2.46 bits per heavy atom. The van der Waals surface area contributed by atoms with Crippen LogP contribution in [0.25, 0.3) is 10.9 Å². The zero-order chi connectivity index (χ0) is 27.4. The van der Waals surface area contributed by atoms with Gasteiger partial charge < -0.3 is 14.2 Å². The SMILES string of the molecule is Cc1c(C)n(CCCCl)c2ccc(Oc3cccc(C(=O)N4CCN(CCc5cccc(F)c5)CC4)c3)cc12. The summed E-state index contributed by atoms with van der Waals surface area (Å²) >= 11 is 5.93. The van der Waals surface area contributed by atoms with Crippen molar-refractivity contribution in [3.8, 4) is 11.5 Å². The Labute approximate surface area is 234 Å². The van der Waals surface area contributed by atoms with Crippen LogP contribution in [0.5, 0.6) is 11.5 Å². The molecule has 1 fully saturated rings. The summed E-state index contributed by atoms with van der Waals surface area (Å²) in [4.78, 5) is 17.5. The summed E-state index contributed by atoms with van der Waals surface area (Å²) in [5.41, 5.74) is 5.29. The van der Waals surface area contributed by atoms with Crippen LogP contribution >= 0.6 is 11.6 Å². The molecule has 0 N–H and O–H groups in total. The number of ether oxygens (including phenoxy) is 1. The largest absolute Gasteiger partial charge is 0.457 e. The van der Waals surface area contributed by atoms with Crippen LogP contribution in [-0.4, -0.2) is 58.9 Å². The number of piperazine rings is 1. The minimum atomic E-state index is -0.197. The molecule has 0 radical (unpaired) electrons. The van der Waals surface area contributed by atoms with Crippen molar-refractivity contribution in [1.82, 2.24) is 14.4 Å². The van der Waals surface area contributed by atoms with Crippen molar-refractivity contribution in [3.05, 3.63) is 94.9 Å². The van der Waals surface area contributed by atoms with Gasteiger partial charge in [-0.05, 0) is 86.3 Å². The molecule has 7 heteroatoms. The molecule has 2 heterocycles. The molecule has 0 spiro atoms. The van der Waals surface area contributed by atoms with Crippen LogP contribution in [0.15, 0.2) is 66.7 Å². The van der Waals surface area contributed by atoms with E-state index in [1.165, 1.54) is 28.2 Å². The molecule has 1 amide bonds. The summed E-state index contributed by atoms with van der Waals surface area (Å²) in [6.07, 6.45) is 1.72. The van der Waals surface area contributed by atoms with Gasteiger partial charge in [-0.2, -0.15) is 0 Å². The molecule has 1 aromatic heterocycles. The number of carbonyl (C=O) groups is 1. The number of hydrogen-bond acceptors (Lipinski definition) is 3. The molecule has 0 aliphatic carbocycles. The van der Waals surface area contributed by atoms with E-state index < -0.39 is 0 Å².